The van der Waals surface area contributed by atoms with Gasteiger partial charge in [0.15, 0.2) is 0 Å². The van der Waals surface area contributed by atoms with Gasteiger partial charge in [0.05, 0.1) is 11.1 Å². The van der Waals surface area contributed by atoms with Gasteiger partial charge in [0.1, 0.15) is 0 Å². The SMILES string of the molecule is CC.CC.Cc1cc(C(F)(F)F)ccc1C1CCN(C)CC1.Cc1ccc(C(F)(F)F)cc1C1CCCN1. The summed E-state index contributed by atoms with van der Waals surface area (Å²) < 4.78 is 75.5. The number of hydrogen-bond acceptors (Lipinski definition) is 2. The molecule has 0 spiro atoms. The molecule has 216 valence electrons. The number of likely N-dealkylation sites (tertiary alicyclic amines) is 1. The quantitative estimate of drug-likeness (QED) is 0.378. The normalized spacial score (nSPS) is 18.4. The first-order valence-electron chi connectivity index (χ1n) is 13.6. The van der Waals surface area contributed by atoms with Gasteiger partial charge in [0.25, 0.3) is 0 Å². The van der Waals surface area contributed by atoms with E-state index >= 15 is 0 Å². The third-order valence-corrected chi connectivity index (χ3v) is 6.80. The Morgan fingerprint density at radius 2 is 1.24 bits per heavy atom. The molecule has 2 saturated heterocycles. The van der Waals surface area contributed by atoms with E-state index in [9.17, 15) is 26.3 Å². The average Bonchev–Trinajstić information content (AvgIpc) is 3.41. The maximum atomic E-state index is 12.6. The minimum absolute atomic E-state index is 0.0855. The van der Waals surface area contributed by atoms with Crippen molar-refractivity contribution >= 4 is 0 Å². The molecule has 2 nitrogen and oxygen atoms in total. The Morgan fingerprint density at radius 3 is 1.71 bits per heavy atom. The molecule has 0 aliphatic carbocycles. The molecule has 2 aromatic rings. The first kappa shape index (κ1) is 34.0. The van der Waals surface area contributed by atoms with Crippen LogP contribution in [-0.2, 0) is 12.4 Å². The van der Waals surface area contributed by atoms with Crippen LogP contribution in [0.25, 0.3) is 0 Å². The number of aryl methyl sites for hydroxylation is 2. The largest absolute Gasteiger partial charge is 0.416 e. The number of halogens is 6. The average molecular weight is 547 g/mol. The van der Waals surface area contributed by atoms with E-state index in [2.05, 4.69) is 17.3 Å². The first-order chi connectivity index (χ1) is 17.9. The molecular weight excluding hydrogens is 502 g/mol. The van der Waals surface area contributed by atoms with Crippen LogP contribution in [0.3, 0.4) is 0 Å². The summed E-state index contributed by atoms with van der Waals surface area (Å²) in [6.07, 6.45) is -4.48. The van der Waals surface area contributed by atoms with Gasteiger partial charge in [0, 0.05) is 6.04 Å². The molecule has 38 heavy (non-hydrogen) atoms. The molecule has 1 N–H and O–H groups in total. The smallest absolute Gasteiger partial charge is 0.310 e. The molecule has 1 atom stereocenters. The fourth-order valence-electron chi connectivity index (χ4n) is 4.77. The second-order valence-electron chi connectivity index (χ2n) is 9.36. The maximum Gasteiger partial charge on any atom is 0.416 e. The van der Waals surface area contributed by atoms with E-state index in [0.717, 1.165) is 73.6 Å². The fourth-order valence-corrected chi connectivity index (χ4v) is 4.77. The Morgan fingerprint density at radius 1 is 0.711 bits per heavy atom. The Hall–Kier alpha value is -2.06. The highest BCUT2D eigenvalue weighted by molar-refractivity contribution is 5.36. The zero-order chi connectivity index (χ0) is 29.1. The van der Waals surface area contributed by atoms with Crippen LogP contribution >= 0.6 is 0 Å². The molecule has 2 aliphatic heterocycles. The summed E-state index contributed by atoms with van der Waals surface area (Å²) in [5.74, 6) is 0.406. The summed E-state index contributed by atoms with van der Waals surface area (Å²) in [6.45, 7) is 14.6. The van der Waals surface area contributed by atoms with Crippen LogP contribution in [0.15, 0.2) is 36.4 Å². The third kappa shape index (κ3) is 9.92. The summed E-state index contributed by atoms with van der Waals surface area (Å²) in [4.78, 5) is 2.26. The molecule has 0 aromatic heterocycles. The van der Waals surface area contributed by atoms with Crippen molar-refractivity contribution in [2.45, 2.75) is 91.5 Å². The number of rotatable bonds is 2. The molecule has 2 aromatic carbocycles. The van der Waals surface area contributed by atoms with Crippen LogP contribution < -0.4 is 5.32 Å². The van der Waals surface area contributed by atoms with Crippen LogP contribution in [-0.4, -0.2) is 31.6 Å². The summed E-state index contributed by atoms with van der Waals surface area (Å²) in [5.41, 5.74) is 2.45. The highest BCUT2D eigenvalue weighted by atomic mass is 19.4. The van der Waals surface area contributed by atoms with E-state index < -0.39 is 23.5 Å². The Kier molecular flexibility index (Phi) is 13.9. The minimum Gasteiger partial charge on any atom is -0.310 e. The minimum atomic E-state index is -4.25. The molecule has 2 aliphatic rings. The van der Waals surface area contributed by atoms with Crippen molar-refractivity contribution in [2.24, 2.45) is 0 Å². The van der Waals surface area contributed by atoms with E-state index in [-0.39, 0.29) is 6.04 Å². The standard InChI is InChI=1S/C14H18F3N.C12H14F3N.2C2H6/c1-10-9-12(14(15,16)17)3-4-13(10)11-5-7-18(2)8-6-11;1-8-4-5-9(12(13,14)15)7-10(8)11-3-2-6-16-11;2*1-2/h3-4,9,11H,5-8H2,1-2H3;4-5,7,11,16H,2-3,6H2,1H3;2*1-2H3. The Balaban J connectivity index is 0.000000338. The number of nitrogens with zero attached hydrogens (tertiary/aromatic N) is 1. The molecule has 0 amide bonds. The first-order valence-corrected chi connectivity index (χ1v) is 13.6. The summed E-state index contributed by atoms with van der Waals surface area (Å²) in [7, 11) is 2.08. The third-order valence-electron chi connectivity index (χ3n) is 6.80. The van der Waals surface area contributed by atoms with E-state index in [1.165, 1.54) is 18.2 Å². The van der Waals surface area contributed by atoms with E-state index in [4.69, 9.17) is 0 Å². The molecule has 8 heteroatoms. The lowest BCUT2D eigenvalue weighted by molar-refractivity contribution is -0.138. The predicted molar refractivity (Wildman–Crippen MR) is 145 cm³/mol. The van der Waals surface area contributed by atoms with Gasteiger partial charge in [-0.05, 0) is 119 Å². The molecular formula is C30H44F6N2. The number of benzene rings is 2. The van der Waals surface area contributed by atoms with E-state index in [0.29, 0.717) is 5.92 Å². The van der Waals surface area contributed by atoms with Gasteiger partial charge in [-0.15, -0.1) is 0 Å². The van der Waals surface area contributed by atoms with Gasteiger partial charge in [-0.3, -0.25) is 0 Å². The number of piperidine rings is 1. The topological polar surface area (TPSA) is 15.3 Å². The lowest BCUT2D eigenvalue weighted by atomic mass is 9.86. The lowest BCUT2D eigenvalue weighted by Gasteiger charge is -2.30. The zero-order valence-corrected chi connectivity index (χ0v) is 23.8. The highest BCUT2D eigenvalue weighted by Gasteiger charge is 2.32. The van der Waals surface area contributed by atoms with Crippen molar-refractivity contribution < 1.29 is 26.3 Å². The van der Waals surface area contributed by atoms with Gasteiger partial charge >= 0.3 is 12.4 Å². The predicted octanol–water partition coefficient (Wildman–Crippen LogP) is 9.31. The molecule has 4 rings (SSSR count). The van der Waals surface area contributed by atoms with Gasteiger partial charge in [-0.2, -0.15) is 26.3 Å². The molecule has 0 radical (unpaired) electrons. The van der Waals surface area contributed by atoms with Gasteiger partial charge < -0.3 is 10.2 Å². The van der Waals surface area contributed by atoms with E-state index in [1.807, 2.05) is 34.6 Å². The number of nitrogens with one attached hydrogen (secondary N) is 1. The zero-order valence-electron chi connectivity index (χ0n) is 23.8. The van der Waals surface area contributed by atoms with Crippen molar-refractivity contribution in [3.8, 4) is 0 Å². The molecule has 2 heterocycles. The Labute approximate surface area is 224 Å². The van der Waals surface area contributed by atoms with Crippen molar-refractivity contribution in [1.82, 2.24) is 10.2 Å². The van der Waals surface area contributed by atoms with E-state index in [1.54, 1.807) is 19.1 Å². The second kappa shape index (κ2) is 15.5. The second-order valence-corrected chi connectivity index (χ2v) is 9.36. The van der Waals surface area contributed by atoms with Crippen molar-refractivity contribution in [3.05, 3.63) is 69.8 Å². The van der Waals surface area contributed by atoms with Crippen LogP contribution in [0.2, 0.25) is 0 Å². The van der Waals surface area contributed by atoms with Crippen molar-refractivity contribution in [1.29, 1.82) is 0 Å². The van der Waals surface area contributed by atoms with Crippen molar-refractivity contribution in [2.75, 3.05) is 26.7 Å². The fraction of sp³-hybridized carbons (Fsp3) is 0.600. The summed E-state index contributed by atoms with van der Waals surface area (Å²) >= 11 is 0. The molecule has 0 bridgehead atoms. The Bertz CT molecular complexity index is 954. The lowest BCUT2D eigenvalue weighted by Crippen LogP contribution is -2.29. The maximum absolute atomic E-state index is 12.6. The highest BCUT2D eigenvalue weighted by Crippen LogP contribution is 2.35. The van der Waals surface area contributed by atoms with Crippen LogP contribution in [0.4, 0.5) is 26.3 Å². The van der Waals surface area contributed by atoms with Crippen LogP contribution in [0.1, 0.15) is 98.7 Å². The molecule has 1 unspecified atom stereocenters. The van der Waals surface area contributed by atoms with Crippen LogP contribution in [0, 0.1) is 13.8 Å². The molecule has 0 saturated carbocycles. The number of hydrogen-bond donors (Lipinski definition) is 1. The summed E-state index contributed by atoms with van der Waals surface area (Å²) in [6, 6.07) is 8.20. The van der Waals surface area contributed by atoms with Gasteiger partial charge in [-0.1, -0.05) is 39.8 Å². The van der Waals surface area contributed by atoms with Crippen molar-refractivity contribution in [3.63, 3.8) is 0 Å². The summed E-state index contributed by atoms with van der Waals surface area (Å²) in [5, 5.41) is 3.23. The molecule has 2 fully saturated rings. The van der Waals surface area contributed by atoms with Crippen LogP contribution in [0.5, 0.6) is 0 Å². The van der Waals surface area contributed by atoms with Gasteiger partial charge in [-0.25, -0.2) is 0 Å². The van der Waals surface area contributed by atoms with Gasteiger partial charge in [0.2, 0.25) is 0 Å². The monoisotopic (exact) mass is 546 g/mol. The number of alkyl halides is 6.